The maximum absolute atomic E-state index is 10.9. The highest BCUT2D eigenvalue weighted by Crippen LogP contribution is 2.35. The van der Waals surface area contributed by atoms with E-state index in [0.29, 0.717) is 22.4 Å². The van der Waals surface area contributed by atoms with Crippen LogP contribution in [0.5, 0.6) is 11.5 Å². The summed E-state index contributed by atoms with van der Waals surface area (Å²) in [5.74, 6) is 0.348. The molecule has 0 bridgehead atoms. The molecule has 2 aromatic rings. The number of pyridine rings is 1. The van der Waals surface area contributed by atoms with E-state index in [0.717, 1.165) is 0 Å². The Morgan fingerprint density at radius 2 is 2.35 bits per heavy atom. The SMILES string of the molecule is CCOc1cc(/C=N\Nc2ncccc2[N+](=O)[O-])cc(Br)c1O. The Balaban J connectivity index is 2.20. The molecule has 0 aliphatic carbocycles. The van der Waals surface area contributed by atoms with Crippen LogP contribution in [0.4, 0.5) is 11.5 Å². The second-order valence-electron chi connectivity index (χ2n) is 4.28. The molecule has 0 unspecified atom stereocenters. The summed E-state index contributed by atoms with van der Waals surface area (Å²) in [5.41, 5.74) is 2.98. The molecule has 0 atom stereocenters. The fraction of sp³-hybridized carbons (Fsp3) is 0.143. The van der Waals surface area contributed by atoms with Gasteiger partial charge in [-0.05, 0) is 46.6 Å². The molecular formula is C14H13BrN4O4. The minimum atomic E-state index is -0.546. The van der Waals surface area contributed by atoms with Crippen molar-refractivity contribution in [3.8, 4) is 11.5 Å². The predicted molar refractivity (Wildman–Crippen MR) is 89.1 cm³/mol. The lowest BCUT2D eigenvalue weighted by Gasteiger charge is -2.08. The molecule has 120 valence electrons. The van der Waals surface area contributed by atoms with Gasteiger partial charge >= 0.3 is 5.69 Å². The zero-order valence-electron chi connectivity index (χ0n) is 12.1. The smallest absolute Gasteiger partial charge is 0.313 e. The molecule has 0 aliphatic rings. The molecule has 8 nitrogen and oxygen atoms in total. The minimum absolute atomic E-state index is 0.00248. The Kier molecular flexibility index (Phi) is 5.47. The van der Waals surface area contributed by atoms with E-state index in [-0.39, 0.29) is 17.3 Å². The summed E-state index contributed by atoms with van der Waals surface area (Å²) < 4.78 is 5.76. The average molecular weight is 381 g/mol. The third-order valence-corrected chi connectivity index (χ3v) is 3.32. The van der Waals surface area contributed by atoms with Crippen LogP contribution in [0.1, 0.15) is 12.5 Å². The third kappa shape index (κ3) is 4.16. The van der Waals surface area contributed by atoms with Gasteiger partial charge in [0.15, 0.2) is 11.5 Å². The maximum atomic E-state index is 10.9. The van der Waals surface area contributed by atoms with Crippen molar-refractivity contribution in [1.82, 2.24) is 4.98 Å². The number of aromatic nitrogens is 1. The molecule has 0 saturated heterocycles. The molecule has 2 rings (SSSR count). The van der Waals surface area contributed by atoms with Crippen molar-refractivity contribution >= 4 is 33.6 Å². The van der Waals surface area contributed by atoms with E-state index in [9.17, 15) is 15.2 Å². The van der Waals surface area contributed by atoms with Gasteiger partial charge in [0, 0.05) is 12.3 Å². The van der Waals surface area contributed by atoms with Gasteiger partial charge in [-0.25, -0.2) is 4.98 Å². The number of halogens is 1. The van der Waals surface area contributed by atoms with Crippen LogP contribution >= 0.6 is 15.9 Å². The number of benzene rings is 1. The molecule has 0 saturated carbocycles. The molecule has 1 aromatic carbocycles. The molecule has 2 N–H and O–H groups in total. The molecule has 0 radical (unpaired) electrons. The summed E-state index contributed by atoms with van der Waals surface area (Å²) in [5, 5.41) is 24.6. The monoisotopic (exact) mass is 380 g/mol. The number of hydrogen-bond donors (Lipinski definition) is 2. The van der Waals surface area contributed by atoms with Crippen molar-refractivity contribution in [1.29, 1.82) is 0 Å². The average Bonchev–Trinajstić information content (AvgIpc) is 2.52. The highest BCUT2D eigenvalue weighted by molar-refractivity contribution is 9.10. The fourth-order valence-corrected chi connectivity index (χ4v) is 2.19. The Morgan fingerprint density at radius 3 is 3.04 bits per heavy atom. The van der Waals surface area contributed by atoms with Crippen molar-refractivity contribution < 1.29 is 14.8 Å². The number of nitrogens with one attached hydrogen (secondary N) is 1. The molecule has 23 heavy (non-hydrogen) atoms. The first-order valence-electron chi connectivity index (χ1n) is 6.56. The largest absolute Gasteiger partial charge is 0.503 e. The van der Waals surface area contributed by atoms with Gasteiger partial charge in [0.05, 0.1) is 22.2 Å². The quantitative estimate of drug-likeness (QED) is 0.451. The number of rotatable bonds is 6. The number of phenolic OH excluding ortho intramolecular Hbond substituents is 1. The van der Waals surface area contributed by atoms with E-state index in [1.165, 1.54) is 24.5 Å². The van der Waals surface area contributed by atoms with Crippen LogP contribution in [0.2, 0.25) is 0 Å². The van der Waals surface area contributed by atoms with Gasteiger partial charge in [-0.1, -0.05) is 0 Å². The lowest BCUT2D eigenvalue weighted by molar-refractivity contribution is -0.384. The van der Waals surface area contributed by atoms with Crippen LogP contribution in [0.15, 0.2) is 40.0 Å². The molecule has 0 spiro atoms. The summed E-state index contributed by atoms with van der Waals surface area (Å²) in [6, 6.07) is 6.03. The second-order valence-corrected chi connectivity index (χ2v) is 5.14. The number of phenols is 1. The molecular weight excluding hydrogens is 368 g/mol. The molecule has 0 aliphatic heterocycles. The van der Waals surface area contributed by atoms with Crippen LogP contribution in [-0.2, 0) is 0 Å². The third-order valence-electron chi connectivity index (χ3n) is 2.72. The van der Waals surface area contributed by atoms with Gasteiger partial charge in [-0.3, -0.25) is 15.5 Å². The Hall–Kier alpha value is -2.68. The molecule has 1 aromatic heterocycles. The van der Waals surface area contributed by atoms with Crippen LogP contribution in [-0.4, -0.2) is 27.8 Å². The van der Waals surface area contributed by atoms with E-state index >= 15 is 0 Å². The van der Waals surface area contributed by atoms with E-state index in [2.05, 4.69) is 31.4 Å². The normalized spacial score (nSPS) is 10.7. The standard InChI is InChI=1S/C14H13BrN4O4/c1-2-23-12-7-9(6-10(15)13(12)20)8-17-18-14-11(19(21)22)4-3-5-16-14/h3-8,20H,2H2,1H3,(H,16,18)/b17-8-. The summed E-state index contributed by atoms with van der Waals surface area (Å²) in [4.78, 5) is 14.2. The Morgan fingerprint density at radius 1 is 1.57 bits per heavy atom. The summed E-state index contributed by atoms with van der Waals surface area (Å²) in [7, 11) is 0. The van der Waals surface area contributed by atoms with Gasteiger partial charge in [0.1, 0.15) is 0 Å². The van der Waals surface area contributed by atoms with Gasteiger partial charge in [0.25, 0.3) is 0 Å². The number of hydrogen-bond acceptors (Lipinski definition) is 7. The first-order chi connectivity index (χ1) is 11.0. The van der Waals surface area contributed by atoms with E-state index in [1.807, 2.05) is 0 Å². The summed E-state index contributed by atoms with van der Waals surface area (Å²) in [6.07, 6.45) is 2.86. The van der Waals surface area contributed by atoms with Crippen LogP contribution < -0.4 is 10.2 Å². The molecule has 0 amide bonds. The van der Waals surface area contributed by atoms with Crippen molar-refractivity contribution in [2.45, 2.75) is 6.92 Å². The van der Waals surface area contributed by atoms with Gasteiger partial charge in [-0.2, -0.15) is 5.10 Å². The summed E-state index contributed by atoms with van der Waals surface area (Å²) >= 11 is 3.22. The number of ether oxygens (including phenoxy) is 1. The topological polar surface area (TPSA) is 110 Å². The van der Waals surface area contributed by atoms with Gasteiger partial charge in [-0.15, -0.1) is 0 Å². The number of nitro groups is 1. The minimum Gasteiger partial charge on any atom is -0.503 e. The highest BCUT2D eigenvalue weighted by atomic mass is 79.9. The predicted octanol–water partition coefficient (Wildman–Crippen LogP) is 3.30. The van der Waals surface area contributed by atoms with Crippen molar-refractivity contribution in [2.75, 3.05) is 12.0 Å². The van der Waals surface area contributed by atoms with Crippen LogP contribution in [0, 0.1) is 10.1 Å². The van der Waals surface area contributed by atoms with Gasteiger partial charge in [0.2, 0.25) is 5.82 Å². The zero-order chi connectivity index (χ0) is 16.8. The number of hydrazone groups is 1. The summed E-state index contributed by atoms with van der Waals surface area (Å²) in [6.45, 7) is 2.20. The van der Waals surface area contributed by atoms with Crippen molar-refractivity contribution in [2.24, 2.45) is 5.10 Å². The van der Waals surface area contributed by atoms with Crippen LogP contribution in [0.25, 0.3) is 0 Å². The maximum Gasteiger partial charge on any atom is 0.313 e. The van der Waals surface area contributed by atoms with Gasteiger partial charge < -0.3 is 9.84 Å². The number of aromatic hydroxyl groups is 1. The lowest BCUT2D eigenvalue weighted by atomic mass is 10.2. The first kappa shape index (κ1) is 16.7. The lowest BCUT2D eigenvalue weighted by Crippen LogP contribution is -1.99. The van der Waals surface area contributed by atoms with Crippen LogP contribution in [0.3, 0.4) is 0 Å². The number of anilines is 1. The Labute approximate surface area is 140 Å². The second kappa shape index (κ2) is 7.54. The molecule has 9 heteroatoms. The van der Waals surface area contributed by atoms with E-state index < -0.39 is 4.92 Å². The zero-order valence-corrected chi connectivity index (χ0v) is 13.6. The van der Waals surface area contributed by atoms with Crippen molar-refractivity contribution in [3.05, 3.63) is 50.6 Å². The molecule has 1 heterocycles. The van der Waals surface area contributed by atoms with E-state index in [1.54, 1.807) is 19.1 Å². The fourth-order valence-electron chi connectivity index (χ4n) is 1.73. The number of nitrogens with zero attached hydrogens (tertiary/aromatic N) is 3. The first-order valence-corrected chi connectivity index (χ1v) is 7.36. The highest BCUT2D eigenvalue weighted by Gasteiger charge is 2.13. The van der Waals surface area contributed by atoms with E-state index in [4.69, 9.17) is 4.74 Å². The Bertz CT molecular complexity index is 752. The van der Waals surface area contributed by atoms with Crippen molar-refractivity contribution in [3.63, 3.8) is 0 Å². The molecule has 0 fully saturated rings.